The lowest BCUT2D eigenvalue weighted by Gasteiger charge is -2.18. The number of hydrogen-bond acceptors (Lipinski definition) is 6. The van der Waals surface area contributed by atoms with Crippen molar-refractivity contribution in [1.82, 2.24) is 0 Å². The van der Waals surface area contributed by atoms with E-state index >= 15 is 0 Å². The molecular weight excluding hydrogens is 252 g/mol. The standard InChI is InChI=1S/C12H14N2O5/c1-4-19-10(17)9(2)5-6-12(3,14-8-16)11(18)13-7-15/h2,4-6H2,1,3H3. The van der Waals surface area contributed by atoms with Crippen LogP contribution in [-0.4, -0.2) is 36.2 Å². The van der Waals surface area contributed by atoms with Crippen LogP contribution in [0.25, 0.3) is 0 Å². The molecule has 0 aliphatic rings. The summed E-state index contributed by atoms with van der Waals surface area (Å²) in [6, 6.07) is 0. The summed E-state index contributed by atoms with van der Waals surface area (Å²) >= 11 is 0. The molecule has 7 nitrogen and oxygen atoms in total. The van der Waals surface area contributed by atoms with Crippen LogP contribution >= 0.6 is 0 Å². The smallest absolute Gasteiger partial charge is 0.333 e. The second kappa shape index (κ2) is 7.87. The number of amides is 1. The third-order valence-corrected chi connectivity index (χ3v) is 2.38. The van der Waals surface area contributed by atoms with Crippen molar-refractivity contribution >= 4 is 24.0 Å². The third kappa shape index (κ3) is 5.21. The molecule has 102 valence electrons. The molecule has 1 unspecified atom stereocenters. The number of carbonyl (C=O) groups is 2. The van der Waals surface area contributed by atoms with E-state index in [1.807, 2.05) is 0 Å². The van der Waals surface area contributed by atoms with Gasteiger partial charge in [0.1, 0.15) is 0 Å². The highest BCUT2D eigenvalue weighted by Gasteiger charge is 2.33. The van der Waals surface area contributed by atoms with Gasteiger partial charge in [0.25, 0.3) is 5.91 Å². The zero-order valence-electron chi connectivity index (χ0n) is 10.8. The van der Waals surface area contributed by atoms with Crippen molar-refractivity contribution < 1.29 is 23.9 Å². The predicted molar refractivity (Wildman–Crippen MR) is 64.7 cm³/mol. The van der Waals surface area contributed by atoms with Gasteiger partial charge < -0.3 is 4.74 Å². The van der Waals surface area contributed by atoms with Crippen LogP contribution in [0.5, 0.6) is 0 Å². The molecule has 0 aliphatic heterocycles. The molecule has 0 saturated carbocycles. The van der Waals surface area contributed by atoms with Gasteiger partial charge in [-0.3, -0.25) is 4.79 Å². The topological polar surface area (TPSA) is 102 Å². The second-order valence-corrected chi connectivity index (χ2v) is 3.81. The number of nitrogens with zero attached hydrogens (tertiary/aromatic N) is 2. The summed E-state index contributed by atoms with van der Waals surface area (Å²) in [4.78, 5) is 49.4. The van der Waals surface area contributed by atoms with E-state index in [4.69, 9.17) is 4.74 Å². The van der Waals surface area contributed by atoms with Crippen LogP contribution in [0.2, 0.25) is 0 Å². The molecule has 1 atom stereocenters. The Bertz CT molecular complexity index is 473. The zero-order valence-corrected chi connectivity index (χ0v) is 10.8. The minimum absolute atomic E-state index is 0.0239. The van der Waals surface area contributed by atoms with Crippen molar-refractivity contribution in [1.29, 1.82) is 0 Å². The van der Waals surface area contributed by atoms with Gasteiger partial charge in [0.05, 0.1) is 6.61 Å². The molecule has 0 aromatic rings. The lowest BCUT2D eigenvalue weighted by atomic mass is 9.93. The van der Waals surface area contributed by atoms with Crippen LogP contribution in [0.4, 0.5) is 0 Å². The van der Waals surface area contributed by atoms with Crippen LogP contribution < -0.4 is 0 Å². The summed E-state index contributed by atoms with van der Waals surface area (Å²) in [5.41, 5.74) is -1.42. The van der Waals surface area contributed by atoms with E-state index in [2.05, 4.69) is 16.6 Å². The summed E-state index contributed by atoms with van der Waals surface area (Å²) in [7, 11) is 0. The highest BCUT2D eigenvalue weighted by molar-refractivity contribution is 5.91. The van der Waals surface area contributed by atoms with Gasteiger partial charge in [0.2, 0.25) is 12.2 Å². The third-order valence-electron chi connectivity index (χ3n) is 2.38. The first-order valence-electron chi connectivity index (χ1n) is 5.47. The number of rotatable bonds is 7. The Morgan fingerprint density at radius 1 is 1.32 bits per heavy atom. The normalized spacial score (nSPS) is 12.3. The first-order valence-corrected chi connectivity index (χ1v) is 5.47. The number of aliphatic imine (C=N–C) groups is 2. The summed E-state index contributed by atoms with van der Waals surface area (Å²) in [5.74, 6) is -1.52. The van der Waals surface area contributed by atoms with E-state index in [0.717, 1.165) is 6.08 Å². The summed E-state index contributed by atoms with van der Waals surface area (Å²) in [6.45, 7) is 6.66. The Hall–Kier alpha value is -2.36. The van der Waals surface area contributed by atoms with E-state index < -0.39 is 17.4 Å². The van der Waals surface area contributed by atoms with Gasteiger partial charge in [-0.1, -0.05) is 6.58 Å². The number of esters is 1. The maximum absolute atomic E-state index is 11.5. The molecule has 0 aromatic heterocycles. The summed E-state index contributed by atoms with van der Waals surface area (Å²) in [5, 5.41) is 0. The van der Waals surface area contributed by atoms with Crippen molar-refractivity contribution in [2.45, 2.75) is 32.2 Å². The molecule has 0 bridgehead atoms. The predicted octanol–water partition coefficient (Wildman–Crippen LogP) is 0.843. The molecule has 0 radical (unpaired) electrons. The largest absolute Gasteiger partial charge is 0.463 e. The van der Waals surface area contributed by atoms with E-state index in [-0.39, 0.29) is 25.0 Å². The van der Waals surface area contributed by atoms with Crippen LogP contribution in [0.3, 0.4) is 0 Å². The van der Waals surface area contributed by atoms with Crippen molar-refractivity contribution in [3.63, 3.8) is 0 Å². The van der Waals surface area contributed by atoms with Crippen LogP contribution in [0.1, 0.15) is 26.7 Å². The fraction of sp³-hybridized carbons (Fsp3) is 0.500. The van der Waals surface area contributed by atoms with Crippen LogP contribution in [-0.2, 0) is 23.9 Å². The Morgan fingerprint density at radius 3 is 2.42 bits per heavy atom. The Kier molecular flexibility index (Phi) is 6.89. The highest BCUT2D eigenvalue weighted by atomic mass is 16.5. The number of isocyanates is 2. The lowest BCUT2D eigenvalue weighted by molar-refractivity contribution is -0.138. The second-order valence-electron chi connectivity index (χ2n) is 3.81. The SMILES string of the molecule is C=C(CCC(C)(N=C=O)C(=O)N=C=O)C(=O)OCC. The highest BCUT2D eigenvalue weighted by Crippen LogP contribution is 2.22. The zero-order chi connectivity index (χ0) is 14.9. The maximum Gasteiger partial charge on any atom is 0.333 e. The molecule has 0 spiro atoms. The molecular formula is C12H14N2O5. The molecule has 0 aliphatic carbocycles. The van der Waals surface area contributed by atoms with E-state index in [1.165, 1.54) is 13.0 Å². The van der Waals surface area contributed by atoms with Crippen molar-refractivity contribution in [2.75, 3.05) is 6.61 Å². The molecule has 0 saturated heterocycles. The number of ether oxygens (including phenoxy) is 1. The Morgan fingerprint density at radius 2 is 1.95 bits per heavy atom. The van der Waals surface area contributed by atoms with E-state index in [9.17, 15) is 19.2 Å². The molecule has 0 N–H and O–H groups in total. The molecule has 7 heteroatoms. The Labute approximate surface area is 110 Å². The molecule has 19 heavy (non-hydrogen) atoms. The lowest BCUT2D eigenvalue weighted by Crippen LogP contribution is -2.32. The first-order chi connectivity index (χ1) is 8.91. The minimum Gasteiger partial charge on any atom is -0.463 e. The van der Waals surface area contributed by atoms with Gasteiger partial charge in [0, 0.05) is 5.57 Å². The summed E-state index contributed by atoms with van der Waals surface area (Å²) in [6.07, 6.45) is 2.37. The van der Waals surface area contributed by atoms with Crippen molar-refractivity contribution in [3.8, 4) is 0 Å². The number of hydrogen-bond donors (Lipinski definition) is 0. The average Bonchev–Trinajstić information content (AvgIpc) is 2.36. The van der Waals surface area contributed by atoms with Crippen molar-refractivity contribution in [3.05, 3.63) is 12.2 Å². The molecule has 0 rings (SSSR count). The monoisotopic (exact) mass is 266 g/mol. The van der Waals surface area contributed by atoms with Gasteiger partial charge in [-0.05, 0) is 26.7 Å². The summed E-state index contributed by atoms with van der Waals surface area (Å²) < 4.78 is 4.72. The van der Waals surface area contributed by atoms with E-state index in [0.29, 0.717) is 0 Å². The van der Waals surface area contributed by atoms with Gasteiger partial charge in [-0.25, -0.2) is 14.4 Å². The first kappa shape index (κ1) is 16.6. The fourth-order valence-electron chi connectivity index (χ4n) is 1.20. The molecule has 0 fully saturated rings. The van der Waals surface area contributed by atoms with Crippen LogP contribution in [0.15, 0.2) is 22.1 Å². The van der Waals surface area contributed by atoms with E-state index in [1.54, 1.807) is 6.92 Å². The molecule has 0 heterocycles. The quantitative estimate of drug-likeness (QED) is 0.294. The van der Waals surface area contributed by atoms with Gasteiger partial charge in [-0.2, -0.15) is 4.99 Å². The van der Waals surface area contributed by atoms with Crippen LogP contribution in [0, 0.1) is 0 Å². The van der Waals surface area contributed by atoms with Gasteiger partial charge in [0.15, 0.2) is 5.54 Å². The molecule has 1 amide bonds. The minimum atomic E-state index is -1.56. The van der Waals surface area contributed by atoms with Gasteiger partial charge in [-0.15, -0.1) is 4.99 Å². The average molecular weight is 266 g/mol. The van der Waals surface area contributed by atoms with Crippen molar-refractivity contribution in [2.24, 2.45) is 9.98 Å². The molecule has 0 aromatic carbocycles. The Balaban J connectivity index is 4.83. The number of carbonyl (C=O) groups excluding carboxylic acids is 4. The van der Waals surface area contributed by atoms with Gasteiger partial charge >= 0.3 is 5.97 Å². The maximum atomic E-state index is 11.5. The fourth-order valence-corrected chi connectivity index (χ4v) is 1.20.